The van der Waals surface area contributed by atoms with Crippen LogP contribution in [0.3, 0.4) is 0 Å². The van der Waals surface area contributed by atoms with Gasteiger partial charge in [-0.2, -0.15) is 0 Å². The molecule has 25 heavy (non-hydrogen) atoms. The van der Waals surface area contributed by atoms with E-state index in [1.807, 2.05) is 0 Å². The first-order valence-corrected chi connectivity index (χ1v) is 9.01. The first-order chi connectivity index (χ1) is 12.0. The van der Waals surface area contributed by atoms with Crippen LogP contribution in [0, 0.1) is 5.92 Å². The van der Waals surface area contributed by atoms with Gasteiger partial charge in [0.2, 0.25) is 0 Å². The molecule has 0 aromatic heterocycles. The zero-order valence-corrected chi connectivity index (χ0v) is 14.2. The molecule has 1 aromatic carbocycles. The van der Waals surface area contributed by atoms with E-state index >= 15 is 0 Å². The monoisotopic (exact) mass is 347 g/mol. The molecule has 3 N–H and O–H groups in total. The highest BCUT2D eigenvalue weighted by atomic mass is 16.5. The lowest BCUT2D eigenvalue weighted by Crippen LogP contribution is -2.38. The molecular formula is C19H25NO5. The second-order valence-electron chi connectivity index (χ2n) is 7.14. The third-order valence-corrected chi connectivity index (χ3v) is 5.16. The summed E-state index contributed by atoms with van der Waals surface area (Å²) in [6.07, 6.45) is 6.03. The molecule has 0 aliphatic heterocycles. The summed E-state index contributed by atoms with van der Waals surface area (Å²) in [5.41, 5.74) is 0.352. The molecule has 0 atom stereocenters. The Kier molecular flexibility index (Phi) is 5.58. The van der Waals surface area contributed by atoms with Gasteiger partial charge in [-0.15, -0.1) is 0 Å². The van der Waals surface area contributed by atoms with E-state index < -0.39 is 5.97 Å². The van der Waals surface area contributed by atoms with Crippen molar-refractivity contribution in [3.05, 3.63) is 29.3 Å². The maximum Gasteiger partial charge on any atom is 0.335 e. The number of carboxylic acid groups (broad SMARTS) is 1. The van der Waals surface area contributed by atoms with Gasteiger partial charge in [-0.3, -0.25) is 4.79 Å². The lowest BCUT2D eigenvalue weighted by Gasteiger charge is -2.26. The van der Waals surface area contributed by atoms with Gasteiger partial charge in [0, 0.05) is 11.6 Å². The summed E-state index contributed by atoms with van der Waals surface area (Å²) in [5, 5.41) is 21.8. The Morgan fingerprint density at radius 1 is 1.04 bits per heavy atom. The van der Waals surface area contributed by atoms with Crippen molar-refractivity contribution >= 4 is 11.9 Å². The Labute approximate surface area is 147 Å². The molecule has 0 radical (unpaired) electrons. The molecule has 2 saturated carbocycles. The van der Waals surface area contributed by atoms with Crippen molar-refractivity contribution in [2.45, 2.75) is 57.1 Å². The van der Waals surface area contributed by atoms with Gasteiger partial charge < -0.3 is 20.3 Å². The quantitative estimate of drug-likeness (QED) is 0.735. The summed E-state index contributed by atoms with van der Waals surface area (Å²) < 4.78 is 5.72. The second-order valence-corrected chi connectivity index (χ2v) is 7.14. The molecule has 3 rings (SSSR count). The van der Waals surface area contributed by atoms with Crippen LogP contribution in [0.25, 0.3) is 0 Å². The molecule has 2 aliphatic rings. The predicted molar refractivity (Wildman–Crippen MR) is 92.0 cm³/mol. The molecule has 1 amide bonds. The Bertz CT molecular complexity index is 633. The van der Waals surface area contributed by atoms with Crippen LogP contribution in [0.15, 0.2) is 18.2 Å². The van der Waals surface area contributed by atoms with E-state index in [0.717, 1.165) is 25.7 Å². The van der Waals surface area contributed by atoms with E-state index in [4.69, 9.17) is 4.74 Å². The molecule has 0 heterocycles. The van der Waals surface area contributed by atoms with Crippen LogP contribution in [0.5, 0.6) is 5.75 Å². The van der Waals surface area contributed by atoms with Crippen molar-refractivity contribution in [3.8, 4) is 5.75 Å². The summed E-state index contributed by atoms with van der Waals surface area (Å²) in [7, 11) is 0. The first kappa shape index (κ1) is 17.7. The molecule has 2 fully saturated rings. The molecule has 136 valence electrons. The number of hydrogen-bond acceptors (Lipinski definition) is 4. The van der Waals surface area contributed by atoms with Gasteiger partial charge in [0.15, 0.2) is 0 Å². The first-order valence-electron chi connectivity index (χ1n) is 9.01. The molecule has 1 aromatic rings. The minimum Gasteiger partial charge on any atom is -0.493 e. The molecule has 0 bridgehead atoms. The number of amides is 1. The maximum absolute atomic E-state index is 12.5. The number of ether oxygens (including phenoxy) is 1. The number of nitrogens with one attached hydrogen (secondary N) is 1. The van der Waals surface area contributed by atoms with Gasteiger partial charge in [0.05, 0.1) is 18.3 Å². The van der Waals surface area contributed by atoms with Gasteiger partial charge >= 0.3 is 5.97 Å². The summed E-state index contributed by atoms with van der Waals surface area (Å²) in [4.78, 5) is 23.8. The van der Waals surface area contributed by atoms with Crippen LogP contribution in [-0.4, -0.2) is 40.8 Å². The average Bonchev–Trinajstić information content (AvgIpc) is 2.55. The normalized spacial score (nSPS) is 23.6. The standard InChI is InChI=1S/C19H25NO5/c21-16-6-4-15(5-7-16)20-18(22)13-8-14(19(23)24)10-17(9-13)25-11-12-2-1-3-12/h8-10,12,15-16,21H,1-7,11H2,(H,20,22)(H,23,24). The topological polar surface area (TPSA) is 95.9 Å². The lowest BCUT2D eigenvalue weighted by atomic mass is 9.86. The van der Waals surface area contributed by atoms with Crippen LogP contribution < -0.4 is 10.1 Å². The Hall–Kier alpha value is -2.08. The average molecular weight is 347 g/mol. The summed E-state index contributed by atoms with van der Waals surface area (Å²) >= 11 is 0. The maximum atomic E-state index is 12.5. The van der Waals surface area contributed by atoms with Crippen LogP contribution in [0.1, 0.15) is 65.7 Å². The van der Waals surface area contributed by atoms with Crippen molar-refractivity contribution in [2.24, 2.45) is 5.92 Å². The fourth-order valence-corrected chi connectivity index (χ4v) is 3.30. The van der Waals surface area contributed by atoms with E-state index in [2.05, 4.69) is 5.32 Å². The second kappa shape index (κ2) is 7.87. The zero-order chi connectivity index (χ0) is 17.8. The van der Waals surface area contributed by atoms with E-state index in [-0.39, 0.29) is 23.6 Å². The minimum absolute atomic E-state index is 0.0173. The highest BCUT2D eigenvalue weighted by Gasteiger charge is 2.23. The summed E-state index contributed by atoms with van der Waals surface area (Å²) in [5.74, 6) is -0.419. The molecule has 0 saturated heterocycles. The van der Waals surface area contributed by atoms with Gasteiger partial charge in [0.1, 0.15) is 5.75 Å². The van der Waals surface area contributed by atoms with E-state index in [1.54, 1.807) is 6.07 Å². The predicted octanol–water partition coefficient (Wildman–Crippen LogP) is 2.60. The SMILES string of the molecule is O=C(O)c1cc(OCC2CCC2)cc(C(=O)NC2CCC(O)CC2)c1. The number of benzene rings is 1. The molecule has 6 heteroatoms. The van der Waals surface area contributed by atoms with Crippen LogP contribution in [0.4, 0.5) is 0 Å². The number of carbonyl (C=O) groups is 2. The van der Waals surface area contributed by atoms with Crippen LogP contribution >= 0.6 is 0 Å². The van der Waals surface area contributed by atoms with E-state index in [0.29, 0.717) is 36.7 Å². The number of carboxylic acids is 1. The van der Waals surface area contributed by atoms with Crippen molar-refractivity contribution in [2.75, 3.05) is 6.61 Å². The number of aromatic carboxylic acids is 1. The molecule has 0 spiro atoms. The van der Waals surface area contributed by atoms with Crippen molar-refractivity contribution in [1.82, 2.24) is 5.32 Å². The number of aliphatic hydroxyl groups excluding tert-OH is 1. The highest BCUT2D eigenvalue weighted by molar-refractivity contribution is 5.98. The Balaban J connectivity index is 1.68. The molecule has 6 nitrogen and oxygen atoms in total. The van der Waals surface area contributed by atoms with Gasteiger partial charge in [0.25, 0.3) is 5.91 Å². The van der Waals surface area contributed by atoms with Gasteiger partial charge in [-0.1, -0.05) is 6.42 Å². The van der Waals surface area contributed by atoms with Crippen LogP contribution in [0.2, 0.25) is 0 Å². The Morgan fingerprint density at radius 2 is 1.72 bits per heavy atom. The van der Waals surface area contributed by atoms with E-state index in [1.165, 1.54) is 18.6 Å². The lowest BCUT2D eigenvalue weighted by molar-refractivity contribution is 0.0696. The fourth-order valence-electron chi connectivity index (χ4n) is 3.30. The van der Waals surface area contributed by atoms with Gasteiger partial charge in [-0.05, 0) is 62.6 Å². The summed E-state index contributed by atoms with van der Waals surface area (Å²) in [6, 6.07) is 4.47. The van der Waals surface area contributed by atoms with Crippen molar-refractivity contribution < 1.29 is 24.5 Å². The zero-order valence-electron chi connectivity index (χ0n) is 14.2. The smallest absolute Gasteiger partial charge is 0.335 e. The number of aliphatic hydroxyl groups is 1. The largest absolute Gasteiger partial charge is 0.493 e. The molecular weight excluding hydrogens is 322 g/mol. The Morgan fingerprint density at radius 3 is 2.32 bits per heavy atom. The minimum atomic E-state index is -1.08. The number of carbonyl (C=O) groups excluding carboxylic acids is 1. The van der Waals surface area contributed by atoms with Gasteiger partial charge in [-0.25, -0.2) is 4.79 Å². The van der Waals surface area contributed by atoms with Crippen LogP contribution in [-0.2, 0) is 0 Å². The third-order valence-electron chi connectivity index (χ3n) is 5.16. The van der Waals surface area contributed by atoms with E-state index in [9.17, 15) is 19.8 Å². The molecule has 0 unspecified atom stereocenters. The highest BCUT2D eigenvalue weighted by Crippen LogP contribution is 2.28. The number of rotatable bonds is 6. The summed E-state index contributed by atoms with van der Waals surface area (Å²) in [6.45, 7) is 0.560. The third kappa shape index (κ3) is 4.72. The van der Waals surface area contributed by atoms with Crippen molar-refractivity contribution in [1.29, 1.82) is 0 Å². The van der Waals surface area contributed by atoms with Crippen molar-refractivity contribution in [3.63, 3.8) is 0 Å². The molecule has 2 aliphatic carbocycles. The number of hydrogen-bond donors (Lipinski definition) is 3. The fraction of sp³-hybridized carbons (Fsp3) is 0.579.